The summed E-state index contributed by atoms with van der Waals surface area (Å²) in [5, 5.41) is 2.68. The average Bonchev–Trinajstić information content (AvgIpc) is 3.08. The Labute approximate surface area is 169 Å². The molecule has 1 N–H and O–H groups in total. The van der Waals surface area contributed by atoms with Gasteiger partial charge < -0.3 is 15.0 Å². The van der Waals surface area contributed by atoms with Gasteiger partial charge in [-0.2, -0.15) is 0 Å². The molecular weight excluding hydrogens is 397 g/mol. The minimum atomic E-state index is -3.32. The number of amides is 1. The number of carbonyl (C=O) groups excluding carboxylic acids is 1. The van der Waals surface area contributed by atoms with E-state index >= 15 is 0 Å². The predicted molar refractivity (Wildman–Crippen MR) is 110 cm³/mol. The predicted octanol–water partition coefficient (Wildman–Crippen LogP) is 2.45. The molecule has 154 valence electrons. The maximum Gasteiger partial charge on any atom is 0.255 e. The first-order valence-corrected chi connectivity index (χ1v) is 11.1. The van der Waals surface area contributed by atoms with Gasteiger partial charge in [-0.1, -0.05) is 6.07 Å². The molecule has 2 fully saturated rings. The SMILES string of the molecule is O=C(Nc1ccc(N2CCOCC2)c(F)c1)c1cccc(N2CCCS2(=O)=O)c1. The van der Waals surface area contributed by atoms with Gasteiger partial charge in [0.1, 0.15) is 5.82 Å². The monoisotopic (exact) mass is 419 g/mol. The van der Waals surface area contributed by atoms with E-state index in [4.69, 9.17) is 4.74 Å². The van der Waals surface area contributed by atoms with Crippen molar-refractivity contribution in [2.75, 3.05) is 53.1 Å². The minimum absolute atomic E-state index is 0.109. The van der Waals surface area contributed by atoms with Gasteiger partial charge in [0.25, 0.3) is 5.91 Å². The summed E-state index contributed by atoms with van der Waals surface area (Å²) in [7, 11) is -3.32. The quantitative estimate of drug-likeness (QED) is 0.824. The van der Waals surface area contributed by atoms with E-state index in [-0.39, 0.29) is 5.75 Å². The number of halogens is 1. The van der Waals surface area contributed by atoms with Crippen LogP contribution >= 0.6 is 0 Å². The van der Waals surface area contributed by atoms with Crippen molar-refractivity contribution in [2.24, 2.45) is 0 Å². The van der Waals surface area contributed by atoms with Crippen LogP contribution in [0.2, 0.25) is 0 Å². The molecule has 0 unspecified atom stereocenters. The smallest absolute Gasteiger partial charge is 0.255 e. The van der Waals surface area contributed by atoms with E-state index in [1.54, 1.807) is 30.3 Å². The Hall–Kier alpha value is -2.65. The number of sulfonamides is 1. The Morgan fingerprint density at radius 2 is 1.86 bits per heavy atom. The summed E-state index contributed by atoms with van der Waals surface area (Å²) in [6.45, 7) is 2.76. The van der Waals surface area contributed by atoms with Crippen LogP contribution in [0.15, 0.2) is 42.5 Å². The number of hydrogen-bond donors (Lipinski definition) is 1. The molecule has 0 bridgehead atoms. The number of nitrogens with one attached hydrogen (secondary N) is 1. The van der Waals surface area contributed by atoms with Crippen molar-refractivity contribution in [2.45, 2.75) is 6.42 Å². The molecule has 4 rings (SSSR count). The topological polar surface area (TPSA) is 79.0 Å². The molecular formula is C20H22FN3O4S. The fourth-order valence-electron chi connectivity index (χ4n) is 3.58. The molecule has 2 saturated heterocycles. The third-order valence-corrected chi connectivity index (χ3v) is 6.92. The number of hydrogen-bond acceptors (Lipinski definition) is 5. The van der Waals surface area contributed by atoms with Crippen molar-refractivity contribution in [1.29, 1.82) is 0 Å². The lowest BCUT2D eigenvalue weighted by Crippen LogP contribution is -2.36. The molecule has 0 saturated carbocycles. The lowest BCUT2D eigenvalue weighted by atomic mass is 10.1. The van der Waals surface area contributed by atoms with E-state index in [1.165, 1.54) is 16.4 Å². The first-order chi connectivity index (χ1) is 13.9. The summed E-state index contributed by atoms with van der Waals surface area (Å²) in [6.07, 6.45) is 0.563. The lowest BCUT2D eigenvalue weighted by Gasteiger charge is -2.29. The highest BCUT2D eigenvalue weighted by molar-refractivity contribution is 7.93. The third kappa shape index (κ3) is 4.20. The standard InChI is InChI=1S/C20H22FN3O4S/c21-18-14-16(5-6-19(18)23-8-10-28-11-9-23)22-20(25)15-3-1-4-17(13-15)24-7-2-12-29(24,26)27/h1,3-6,13-14H,2,7-12H2,(H,22,25). The fourth-order valence-corrected chi connectivity index (χ4v) is 5.14. The second kappa shape index (κ2) is 8.00. The van der Waals surface area contributed by atoms with Crippen LogP contribution in [0, 0.1) is 5.82 Å². The van der Waals surface area contributed by atoms with Crippen LogP contribution in [-0.2, 0) is 14.8 Å². The number of rotatable bonds is 4. The number of ether oxygens (including phenoxy) is 1. The molecule has 2 aliphatic heterocycles. The molecule has 7 nitrogen and oxygen atoms in total. The first kappa shape index (κ1) is 19.7. The van der Waals surface area contributed by atoms with Gasteiger partial charge >= 0.3 is 0 Å². The zero-order chi connectivity index (χ0) is 20.4. The molecule has 0 aliphatic carbocycles. The summed E-state index contributed by atoms with van der Waals surface area (Å²) >= 11 is 0. The molecule has 0 atom stereocenters. The van der Waals surface area contributed by atoms with Crippen LogP contribution in [0.4, 0.5) is 21.5 Å². The van der Waals surface area contributed by atoms with Crippen LogP contribution in [0.3, 0.4) is 0 Å². The molecule has 2 aliphatic rings. The van der Waals surface area contributed by atoms with E-state index in [9.17, 15) is 17.6 Å². The summed E-state index contributed by atoms with van der Waals surface area (Å²) in [4.78, 5) is 14.5. The highest BCUT2D eigenvalue weighted by Crippen LogP contribution is 2.26. The van der Waals surface area contributed by atoms with Crippen LogP contribution < -0.4 is 14.5 Å². The van der Waals surface area contributed by atoms with Crippen molar-refractivity contribution < 1.29 is 22.3 Å². The molecule has 0 spiro atoms. The van der Waals surface area contributed by atoms with Crippen LogP contribution in [0.1, 0.15) is 16.8 Å². The van der Waals surface area contributed by atoms with E-state index < -0.39 is 21.7 Å². The Kier molecular flexibility index (Phi) is 5.42. The summed E-state index contributed by atoms with van der Waals surface area (Å²) < 4.78 is 45.4. The van der Waals surface area contributed by atoms with Crippen molar-refractivity contribution >= 4 is 33.0 Å². The maximum absolute atomic E-state index is 14.5. The zero-order valence-corrected chi connectivity index (χ0v) is 16.6. The summed E-state index contributed by atoms with van der Waals surface area (Å²) in [6, 6.07) is 11.0. The van der Waals surface area contributed by atoms with Gasteiger partial charge in [0, 0.05) is 30.9 Å². The van der Waals surface area contributed by atoms with Crippen molar-refractivity contribution in [3.8, 4) is 0 Å². The first-order valence-electron chi connectivity index (χ1n) is 9.48. The van der Waals surface area contributed by atoms with E-state index in [0.29, 0.717) is 61.9 Å². The molecule has 29 heavy (non-hydrogen) atoms. The third-order valence-electron chi connectivity index (χ3n) is 5.05. The van der Waals surface area contributed by atoms with Gasteiger partial charge in [-0.05, 0) is 42.8 Å². The van der Waals surface area contributed by atoms with Crippen LogP contribution in [0.5, 0.6) is 0 Å². The van der Waals surface area contributed by atoms with Crippen molar-refractivity contribution in [3.05, 3.63) is 53.8 Å². The Bertz CT molecular complexity index is 1020. The second-order valence-corrected chi connectivity index (χ2v) is 9.02. The van der Waals surface area contributed by atoms with Gasteiger partial charge in [-0.3, -0.25) is 9.10 Å². The minimum Gasteiger partial charge on any atom is -0.378 e. The van der Waals surface area contributed by atoms with Crippen LogP contribution in [-0.4, -0.2) is 52.9 Å². The molecule has 0 radical (unpaired) electrons. The summed E-state index contributed by atoms with van der Waals surface area (Å²) in [5.41, 5.74) is 1.59. The number of anilines is 3. The van der Waals surface area contributed by atoms with Gasteiger partial charge in [0.15, 0.2) is 0 Å². The normalized spacial score (nSPS) is 18.7. The molecule has 1 amide bonds. The number of nitrogens with zero attached hydrogens (tertiary/aromatic N) is 2. The highest BCUT2D eigenvalue weighted by atomic mass is 32.2. The molecule has 9 heteroatoms. The average molecular weight is 419 g/mol. The fraction of sp³-hybridized carbons (Fsp3) is 0.350. The van der Waals surface area contributed by atoms with Crippen molar-refractivity contribution in [1.82, 2.24) is 0 Å². The Morgan fingerprint density at radius 3 is 2.55 bits per heavy atom. The van der Waals surface area contributed by atoms with Crippen LogP contribution in [0.25, 0.3) is 0 Å². The van der Waals surface area contributed by atoms with Gasteiger partial charge in [-0.25, -0.2) is 12.8 Å². The summed E-state index contributed by atoms with van der Waals surface area (Å²) in [5.74, 6) is -0.735. The molecule has 2 heterocycles. The largest absolute Gasteiger partial charge is 0.378 e. The Morgan fingerprint density at radius 1 is 1.07 bits per heavy atom. The second-order valence-electron chi connectivity index (χ2n) is 7.01. The van der Waals surface area contributed by atoms with Gasteiger partial charge in [0.05, 0.1) is 30.3 Å². The number of morpholine rings is 1. The highest BCUT2D eigenvalue weighted by Gasteiger charge is 2.28. The lowest BCUT2D eigenvalue weighted by molar-refractivity contribution is 0.102. The van der Waals surface area contributed by atoms with E-state index in [2.05, 4.69) is 5.32 Å². The van der Waals surface area contributed by atoms with E-state index in [1.807, 2.05) is 4.90 Å². The van der Waals surface area contributed by atoms with E-state index in [0.717, 1.165) is 0 Å². The maximum atomic E-state index is 14.5. The molecule has 2 aromatic rings. The van der Waals surface area contributed by atoms with Crippen molar-refractivity contribution in [3.63, 3.8) is 0 Å². The Balaban J connectivity index is 1.49. The molecule has 2 aromatic carbocycles. The molecule has 0 aromatic heterocycles. The number of benzene rings is 2. The van der Waals surface area contributed by atoms with Gasteiger partial charge in [0.2, 0.25) is 10.0 Å². The van der Waals surface area contributed by atoms with Gasteiger partial charge in [-0.15, -0.1) is 0 Å². The number of carbonyl (C=O) groups is 1. The zero-order valence-electron chi connectivity index (χ0n) is 15.8.